The third kappa shape index (κ3) is 4.19. The van der Waals surface area contributed by atoms with E-state index in [1.165, 1.54) is 0 Å². The number of aryl methyl sites for hydroxylation is 3. The Kier molecular flexibility index (Phi) is 5.68. The van der Waals surface area contributed by atoms with Crippen LogP contribution in [0.2, 0.25) is 0 Å². The summed E-state index contributed by atoms with van der Waals surface area (Å²) >= 11 is 0. The number of carbonyl (C=O) groups excluding carboxylic acids is 2. The monoisotopic (exact) mass is 325 g/mol. The van der Waals surface area contributed by atoms with Crippen LogP contribution in [-0.2, 0) is 0 Å². The van der Waals surface area contributed by atoms with E-state index >= 15 is 0 Å². The van der Waals surface area contributed by atoms with Crippen LogP contribution in [0, 0.1) is 20.8 Å². The summed E-state index contributed by atoms with van der Waals surface area (Å²) in [7, 11) is 0. The van der Waals surface area contributed by atoms with E-state index in [0.717, 1.165) is 28.8 Å². The number of benzene rings is 1. The number of amides is 2. The molecule has 1 aromatic carbocycles. The van der Waals surface area contributed by atoms with Crippen LogP contribution < -0.4 is 10.6 Å². The van der Waals surface area contributed by atoms with Gasteiger partial charge in [0, 0.05) is 12.2 Å². The highest BCUT2D eigenvalue weighted by Gasteiger charge is 2.14. The Morgan fingerprint density at radius 1 is 1.00 bits per heavy atom. The lowest BCUT2D eigenvalue weighted by atomic mass is 10.0. The first kappa shape index (κ1) is 17.7. The van der Waals surface area contributed by atoms with Crippen molar-refractivity contribution >= 4 is 17.5 Å². The zero-order chi connectivity index (χ0) is 17.7. The normalized spacial score (nSPS) is 10.3. The maximum Gasteiger partial charge on any atom is 0.274 e. The summed E-state index contributed by atoms with van der Waals surface area (Å²) in [4.78, 5) is 28.6. The first-order valence-corrected chi connectivity index (χ1v) is 8.06. The molecule has 0 atom stereocenters. The summed E-state index contributed by atoms with van der Waals surface area (Å²) in [5.74, 6) is -0.593. The van der Waals surface area contributed by atoms with Gasteiger partial charge in [0.25, 0.3) is 11.8 Å². The standard InChI is InChI=1S/C19H23N3O2/c1-5-9-20-18(23)15-7-6-8-16(21-15)19(24)22-17-13(3)10-12(2)11-14(17)4/h6-8,10-11H,5,9H2,1-4H3,(H,20,23)(H,22,24). The van der Waals surface area contributed by atoms with Gasteiger partial charge in [-0.05, 0) is 50.5 Å². The third-order valence-electron chi connectivity index (χ3n) is 3.67. The molecule has 0 unspecified atom stereocenters. The van der Waals surface area contributed by atoms with E-state index in [9.17, 15) is 9.59 Å². The van der Waals surface area contributed by atoms with Crippen LogP contribution in [-0.4, -0.2) is 23.3 Å². The molecular weight excluding hydrogens is 302 g/mol. The lowest BCUT2D eigenvalue weighted by molar-refractivity contribution is 0.0948. The molecule has 2 aromatic rings. The molecular formula is C19H23N3O2. The number of anilines is 1. The lowest BCUT2D eigenvalue weighted by Gasteiger charge is -2.13. The van der Waals surface area contributed by atoms with Crippen molar-refractivity contribution in [3.8, 4) is 0 Å². The molecule has 0 fully saturated rings. The Balaban J connectivity index is 2.20. The van der Waals surface area contributed by atoms with E-state index in [-0.39, 0.29) is 23.2 Å². The zero-order valence-electron chi connectivity index (χ0n) is 14.6. The Hall–Kier alpha value is -2.69. The second kappa shape index (κ2) is 7.73. The minimum atomic E-state index is -0.324. The molecule has 2 N–H and O–H groups in total. The van der Waals surface area contributed by atoms with Crippen molar-refractivity contribution in [2.24, 2.45) is 0 Å². The van der Waals surface area contributed by atoms with Crippen molar-refractivity contribution in [3.63, 3.8) is 0 Å². The Morgan fingerprint density at radius 3 is 2.17 bits per heavy atom. The quantitative estimate of drug-likeness (QED) is 0.885. The number of nitrogens with zero attached hydrogens (tertiary/aromatic N) is 1. The van der Waals surface area contributed by atoms with E-state index in [1.54, 1.807) is 18.2 Å². The minimum Gasteiger partial charge on any atom is -0.351 e. The van der Waals surface area contributed by atoms with Crippen LogP contribution in [0.15, 0.2) is 30.3 Å². The molecule has 1 aromatic heterocycles. The van der Waals surface area contributed by atoms with E-state index in [1.807, 2.05) is 39.8 Å². The van der Waals surface area contributed by atoms with E-state index in [2.05, 4.69) is 15.6 Å². The predicted octanol–water partition coefficient (Wildman–Crippen LogP) is 3.40. The number of rotatable bonds is 5. The molecule has 126 valence electrons. The average Bonchev–Trinajstić information content (AvgIpc) is 2.55. The fourth-order valence-corrected chi connectivity index (χ4v) is 2.57. The van der Waals surface area contributed by atoms with Crippen LogP contribution in [0.1, 0.15) is 51.0 Å². The Labute approximate surface area is 142 Å². The Morgan fingerprint density at radius 2 is 1.58 bits per heavy atom. The van der Waals surface area contributed by atoms with Crippen molar-refractivity contribution in [1.29, 1.82) is 0 Å². The zero-order valence-corrected chi connectivity index (χ0v) is 14.6. The minimum absolute atomic E-state index is 0.221. The largest absolute Gasteiger partial charge is 0.351 e. The lowest BCUT2D eigenvalue weighted by Crippen LogP contribution is -2.26. The number of pyridine rings is 1. The molecule has 0 radical (unpaired) electrons. The first-order valence-electron chi connectivity index (χ1n) is 8.06. The fraction of sp³-hybridized carbons (Fsp3) is 0.316. The van der Waals surface area contributed by atoms with E-state index in [0.29, 0.717) is 6.54 Å². The van der Waals surface area contributed by atoms with Crippen LogP contribution >= 0.6 is 0 Å². The number of aromatic nitrogens is 1. The van der Waals surface area contributed by atoms with Crippen molar-refractivity contribution in [2.45, 2.75) is 34.1 Å². The van der Waals surface area contributed by atoms with Crippen LogP contribution in [0.25, 0.3) is 0 Å². The predicted molar refractivity (Wildman–Crippen MR) is 95.5 cm³/mol. The molecule has 24 heavy (non-hydrogen) atoms. The molecule has 5 heteroatoms. The maximum absolute atomic E-state index is 12.5. The first-order chi connectivity index (χ1) is 11.4. The maximum atomic E-state index is 12.5. The summed E-state index contributed by atoms with van der Waals surface area (Å²) in [5, 5.41) is 5.65. The van der Waals surface area contributed by atoms with Gasteiger partial charge in [0.05, 0.1) is 0 Å². The second-order valence-corrected chi connectivity index (χ2v) is 5.89. The van der Waals surface area contributed by atoms with Gasteiger partial charge in [-0.25, -0.2) is 4.98 Å². The summed E-state index contributed by atoms with van der Waals surface area (Å²) in [6.07, 6.45) is 0.845. The van der Waals surface area contributed by atoms with Gasteiger partial charge >= 0.3 is 0 Å². The fourth-order valence-electron chi connectivity index (χ4n) is 2.57. The van der Waals surface area contributed by atoms with Gasteiger partial charge in [0.15, 0.2) is 0 Å². The van der Waals surface area contributed by atoms with Gasteiger partial charge in [-0.1, -0.05) is 30.7 Å². The van der Waals surface area contributed by atoms with Crippen molar-refractivity contribution in [3.05, 3.63) is 58.4 Å². The highest BCUT2D eigenvalue weighted by atomic mass is 16.2. The van der Waals surface area contributed by atoms with Gasteiger partial charge < -0.3 is 10.6 Å². The molecule has 0 saturated carbocycles. The van der Waals surface area contributed by atoms with Gasteiger partial charge in [0.2, 0.25) is 0 Å². The van der Waals surface area contributed by atoms with Crippen LogP contribution in [0.3, 0.4) is 0 Å². The van der Waals surface area contributed by atoms with Crippen LogP contribution in [0.5, 0.6) is 0 Å². The molecule has 0 aliphatic carbocycles. The summed E-state index contributed by atoms with van der Waals surface area (Å²) in [6.45, 7) is 8.49. The highest BCUT2D eigenvalue weighted by molar-refractivity contribution is 6.04. The van der Waals surface area contributed by atoms with Crippen molar-refractivity contribution in [2.75, 3.05) is 11.9 Å². The van der Waals surface area contributed by atoms with Crippen molar-refractivity contribution in [1.82, 2.24) is 10.3 Å². The van der Waals surface area contributed by atoms with E-state index < -0.39 is 0 Å². The summed E-state index contributed by atoms with van der Waals surface area (Å²) < 4.78 is 0. The smallest absolute Gasteiger partial charge is 0.274 e. The molecule has 0 aliphatic heterocycles. The molecule has 1 heterocycles. The molecule has 0 spiro atoms. The second-order valence-electron chi connectivity index (χ2n) is 5.89. The number of hydrogen-bond donors (Lipinski definition) is 2. The molecule has 5 nitrogen and oxygen atoms in total. The summed E-state index contributed by atoms with van der Waals surface area (Å²) in [6, 6.07) is 8.90. The SMILES string of the molecule is CCCNC(=O)c1cccc(C(=O)Nc2c(C)cc(C)cc2C)n1. The summed E-state index contributed by atoms with van der Waals surface area (Å²) in [5.41, 5.74) is 4.39. The highest BCUT2D eigenvalue weighted by Crippen LogP contribution is 2.22. The van der Waals surface area contributed by atoms with E-state index in [4.69, 9.17) is 0 Å². The number of carbonyl (C=O) groups is 2. The van der Waals surface area contributed by atoms with Gasteiger partial charge in [-0.15, -0.1) is 0 Å². The molecule has 0 saturated heterocycles. The number of nitrogens with one attached hydrogen (secondary N) is 2. The van der Waals surface area contributed by atoms with Crippen molar-refractivity contribution < 1.29 is 9.59 Å². The Bertz CT molecular complexity index is 746. The molecule has 0 bridgehead atoms. The average molecular weight is 325 g/mol. The third-order valence-corrected chi connectivity index (χ3v) is 3.67. The molecule has 2 amide bonds. The topological polar surface area (TPSA) is 71.1 Å². The van der Waals surface area contributed by atoms with Gasteiger partial charge in [-0.2, -0.15) is 0 Å². The van der Waals surface area contributed by atoms with Crippen LogP contribution in [0.4, 0.5) is 5.69 Å². The number of hydrogen-bond acceptors (Lipinski definition) is 3. The van der Waals surface area contributed by atoms with Gasteiger partial charge in [0.1, 0.15) is 11.4 Å². The molecule has 0 aliphatic rings. The molecule has 2 rings (SSSR count). The van der Waals surface area contributed by atoms with Gasteiger partial charge in [-0.3, -0.25) is 9.59 Å².